The van der Waals surface area contributed by atoms with Crippen molar-refractivity contribution in [3.05, 3.63) is 35.3 Å². The van der Waals surface area contributed by atoms with Gasteiger partial charge in [0, 0.05) is 6.20 Å². The number of imidazole rings is 2. The van der Waals surface area contributed by atoms with E-state index in [0.717, 1.165) is 10.9 Å². The van der Waals surface area contributed by atoms with Crippen molar-refractivity contribution >= 4 is 49.6 Å². The number of ether oxygens (including phenoxy) is 2. The number of phosphoric ester groups is 2. The second-order valence-corrected chi connectivity index (χ2v) is 13.3. The summed E-state index contributed by atoms with van der Waals surface area (Å²) in [6.45, 7) is -2.43. The molecule has 4 aromatic heterocycles. The maximum Gasteiger partial charge on any atom is 0.472 e. The molecule has 0 amide bonds. The molecule has 0 saturated carbocycles. The third-order valence-electron chi connectivity index (χ3n) is 7.49. The number of nitrogens with two attached hydrogens (primary N) is 2. The largest absolute Gasteiger partial charge is 0.472 e. The monoisotopic (exact) mass is 691 g/mol. The Morgan fingerprint density at radius 3 is 2.41 bits per heavy atom. The fraction of sp³-hybridized carbons (Fsp3) is 0.476. The highest BCUT2D eigenvalue weighted by Crippen LogP contribution is 2.55. The van der Waals surface area contributed by atoms with Gasteiger partial charge in [0.05, 0.1) is 24.9 Å². The first kappa shape index (κ1) is 31.2. The highest BCUT2D eigenvalue weighted by molar-refractivity contribution is 7.47. The Hall–Kier alpha value is -3.44. The van der Waals surface area contributed by atoms with Crippen molar-refractivity contribution in [2.45, 2.75) is 48.8 Å². The number of aliphatic hydroxyl groups excluding tert-OH is 2. The number of aromatic amines is 1. The van der Waals surface area contributed by atoms with Gasteiger partial charge in [-0.15, -0.1) is 0 Å². The summed E-state index contributed by atoms with van der Waals surface area (Å²) < 4.78 is 75.8. The number of rotatable bonds is 2. The first-order valence-electron chi connectivity index (χ1n) is 13.2. The Morgan fingerprint density at radius 2 is 1.65 bits per heavy atom. The summed E-state index contributed by atoms with van der Waals surface area (Å²) in [6, 6.07) is 1.48. The summed E-state index contributed by atoms with van der Waals surface area (Å²) in [5, 5.41) is 22.0. The molecular weight excluding hydrogens is 667 g/mol. The number of hydrogen-bond acceptors (Lipinski definition) is 17. The van der Waals surface area contributed by atoms with Crippen LogP contribution in [0.4, 0.5) is 16.0 Å². The van der Waals surface area contributed by atoms with Gasteiger partial charge in [-0.3, -0.25) is 37.0 Å². The van der Waals surface area contributed by atoms with Gasteiger partial charge in [0.25, 0.3) is 11.4 Å². The van der Waals surface area contributed by atoms with Crippen molar-refractivity contribution in [3.8, 4) is 0 Å². The fourth-order valence-electron chi connectivity index (χ4n) is 5.37. The lowest BCUT2D eigenvalue weighted by atomic mass is 10.1. The minimum absolute atomic E-state index is 0.150. The number of hydrogen-bond donors (Lipinski definition) is 7. The number of fused-ring (bicyclic) bond motifs is 5. The van der Waals surface area contributed by atoms with E-state index in [1.165, 1.54) is 23.2 Å². The Kier molecular flexibility index (Phi) is 7.32. The SMILES string of the molecule is Nc1nc2c(ncn2[C@@H]2O[C@]3(F)COP(=O)(O)O[C@H]4[C@@H](O)[C@H](n5cnc6c(N)ccnc65)O[C@@H]4COP(=O)(O)O[C@@H]2[C@@H]3O)c(=O)[nH]1. The Labute approximate surface area is 253 Å². The van der Waals surface area contributed by atoms with Crippen LogP contribution in [0.3, 0.4) is 0 Å². The third kappa shape index (κ3) is 5.19. The van der Waals surface area contributed by atoms with E-state index in [9.17, 15) is 33.9 Å². The van der Waals surface area contributed by atoms with E-state index in [1.807, 2.05) is 0 Å². The fourth-order valence-corrected chi connectivity index (χ4v) is 7.26. The van der Waals surface area contributed by atoms with Crippen molar-refractivity contribution in [2.75, 3.05) is 24.7 Å². The average Bonchev–Trinajstić information content (AvgIpc) is 3.73. The zero-order chi connectivity index (χ0) is 32.8. The van der Waals surface area contributed by atoms with Crippen molar-refractivity contribution in [2.24, 2.45) is 0 Å². The number of anilines is 2. The first-order chi connectivity index (χ1) is 21.7. The van der Waals surface area contributed by atoms with Gasteiger partial charge in [0.15, 0.2) is 29.3 Å². The Bertz CT molecular complexity index is 1990. The molecule has 10 atom stereocenters. The molecule has 0 radical (unpaired) electrons. The molecule has 0 aromatic carbocycles. The molecule has 3 fully saturated rings. The molecule has 4 aromatic rings. The minimum atomic E-state index is -5.34. The smallest absolute Gasteiger partial charge is 0.397 e. The molecule has 22 nitrogen and oxygen atoms in total. The first-order valence-corrected chi connectivity index (χ1v) is 16.1. The predicted molar refractivity (Wildman–Crippen MR) is 146 cm³/mol. The molecule has 0 spiro atoms. The molecule has 248 valence electrons. The molecule has 9 N–H and O–H groups in total. The zero-order valence-electron chi connectivity index (χ0n) is 22.8. The topological polar surface area (TPSA) is 317 Å². The number of aromatic nitrogens is 7. The van der Waals surface area contributed by atoms with E-state index >= 15 is 4.39 Å². The van der Waals surface area contributed by atoms with Gasteiger partial charge in [-0.25, -0.2) is 28.5 Å². The number of nitrogens with one attached hydrogen (secondary N) is 1. The maximum atomic E-state index is 16.2. The van der Waals surface area contributed by atoms with Crippen molar-refractivity contribution in [1.29, 1.82) is 0 Å². The van der Waals surface area contributed by atoms with Gasteiger partial charge in [-0.2, -0.15) is 4.98 Å². The molecule has 3 saturated heterocycles. The lowest BCUT2D eigenvalue weighted by molar-refractivity contribution is -0.204. The number of nitrogen functional groups attached to an aromatic ring is 2. The van der Waals surface area contributed by atoms with Crippen LogP contribution < -0.4 is 17.0 Å². The number of nitrogens with zero attached hydrogens (tertiary/aromatic N) is 6. The Balaban J connectivity index is 1.23. The highest BCUT2D eigenvalue weighted by atomic mass is 31.2. The van der Waals surface area contributed by atoms with E-state index in [2.05, 4.69) is 24.9 Å². The molecule has 3 aliphatic heterocycles. The van der Waals surface area contributed by atoms with Crippen LogP contribution in [0.25, 0.3) is 22.3 Å². The second kappa shape index (κ2) is 10.8. The molecule has 25 heteroatoms. The van der Waals surface area contributed by atoms with Gasteiger partial charge in [0.1, 0.15) is 42.6 Å². The predicted octanol–water partition coefficient (Wildman–Crippen LogP) is -1.44. The van der Waals surface area contributed by atoms with Crippen LogP contribution in [0.1, 0.15) is 12.5 Å². The summed E-state index contributed by atoms with van der Waals surface area (Å²) in [6.07, 6.45) is -9.55. The number of aliphatic hydroxyl groups is 2. The Morgan fingerprint density at radius 1 is 0.978 bits per heavy atom. The molecule has 3 aliphatic rings. The van der Waals surface area contributed by atoms with Crippen LogP contribution in [0, 0.1) is 0 Å². The van der Waals surface area contributed by atoms with Crippen LogP contribution >= 0.6 is 15.6 Å². The zero-order valence-corrected chi connectivity index (χ0v) is 24.6. The molecule has 2 unspecified atom stereocenters. The number of alkyl halides is 1. The number of halogens is 1. The molecular formula is C21H24FN9O13P2. The van der Waals surface area contributed by atoms with Crippen molar-refractivity contribution < 1.29 is 61.1 Å². The van der Waals surface area contributed by atoms with Crippen molar-refractivity contribution in [1.82, 2.24) is 34.1 Å². The van der Waals surface area contributed by atoms with E-state index in [0.29, 0.717) is 0 Å². The van der Waals surface area contributed by atoms with Crippen molar-refractivity contribution in [3.63, 3.8) is 0 Å². The van der Waals surface area contributed by atoms with Crippen LogP contribution in [0.2, 0.25) is 0 Å². The van der Waals surface area contributed by atoms with Gasteiger partial charge in [0.2, 0.25) is 5.95 Å². The molecule has 46 heavy (non-hydrogen) atoms. The number of H-pyrrole nitrogens is 1. The van der Waals surface area contributed by atoms with Crippen LogP contribution in [-0.4, -0.2) is 104 Å². The lowest BCUT2D eigenvalue weighted by Gasteiger charge is -2.26. The number of pyridine rings is 1. The van der Waals surface area contributed by atoms with Crippen LogP contribution in [0.5, 0.6) is 0 Å². The van der Waals surface area contributed by atoms with E-state index in [4.69, 9.17) is 39.0 Å². The summed E-state index contributed by atoms with van der Waals surface area (Å²) >= 11 is 0. The molecule has 7 rings (SSSR count). The van der Waals surface area contributed by atoms with E-state index < -0.39 is 83.2 Å². The summed E-state index contributed by atoms with van der Waals surface area (Å²) in [4.78, 5) is 51.7. The lowest BCUT2D eigenvalue weighted by Crippen LogP contribution is -2.43. The number of phosphoric acid groups is 2. The quantitative estimate of drug-likeness (QED) is 0.118. The summed E-state index contributed by atoms with van der Waals surface area (Å²) in [7, 11) is -10.6. The average molecular weight is 691 g/mol. The van der Waals surface area contributed by atoms with Gasteiger partial charge in [-0.05, 0) is 6.07 Å². The maximum absolute atomic E-state index is 16.2. The normalized spacial score (nSPS) is 38.8. The molecule has 0 aliphatic carbocycles. The van der Waals surface area contributed by atoms with E-state index in [-0.39, 0.29) is 34.0 Å². The molecule has 2 bridgehead atoms. The summed E-state index contributed by atoms with van der Waals surface area (Å²) in [5.74, 6) is -3.79. The third-order valence-corrected chi connectivity index (χ3v) is 9.44. The standard InChI is InChI=1S/C21H24FN9O13P2/c22-21-4-40-46(37,38)43-12-8(41-18(11(12)32)30-5-26-9-7(23)1-2-25-15(9)30)3-39-45(35,36)44-13(14(21)33)19(42-21)31-6-27-10-16(31)28-20(24)29-17(10)34/h1-2,5-6,8,11-14,18-19,32-33H,3-4H2,(H2,23,25)(H,35,36)(H,37,38)(H3,24,28,29,34)/t8-,11-,12-,13-,14+,18-,19-,21-/m1/s1. The molecule has 7 heterocycles. The van der Waals surface area contributed by atoms with Gasteiger partial charge in [-0.1, -0.05) is 0 Å². The van der Waals surface area contributed by atoms with Crippen LogP contribution in [0.15, 0.2) is 29.7 Å². The second-order valence-electron chi connectivity index (χ2n) is 10.4. The highest BCUT2D eigenvalue weighted by Gasteiger charge is 2.61. The van der Waals surface area contributed by atoms with Gasteiger partial charge < -0.3 is 40.9 Å². The summed E-state index contributed by atoms with van der Waals surface area (Å²) in [5.41, 5.74) is 10.8. The minimum Gasteiger partial charge on any atom is -0.397 e. The van der Waals surface area contributed by atoms with Crippen LogP contribution in [-0.2, 0) is 36.7 Å². The van der Waals surface area contributed by atoms with Gasteiger partial charge >= 0.3 is 15.6 Å². The van der Waals surface area contributed by atoms with E-state index in [1.54, 1.807) is 0 Å².